The van der Waals surface area contributed by atoms with E-state index in [1.807, 2.05) is 54.9 Å². The zero-order valence-corrected chi connectivity index (χ0v) is 21.6. The highest BCUT2D eigenvalue weighted by atomic mass is 35.5. The van der Waals surface area contributed by atoms with Gasteiger partial charge in [-0.15, -0.1) is 0 Å². The fourth-order valence-corrected chi connectivity index (χ4v) is 4.11. The first-order chi connectivity index (χ1) is 16.7. The van der Waals surface area contributed by atoms with Crippen molar-refractivity contribution < 1.29 is 9.59 Å². The van der Waals surface area contributed by atoms with E-state index in [4.69, 9.17) is 16.6 Å². The van der Waals surface area contributed by atoms with Crippen molar-refractivity contribution in [1.29, 1.82) is 0 Å². The molecule has 0 unspecified atom stereocenters. The SMILES string of the molecule is Cc1ccc(-n2cc(-c3ccc(Cl)cc3)nc2NC(=O)CN(CC2CC2)C(=O)CC(C)C)cc1C. The Kier molecular flexibility index (Phi) is 7.60. The number of nitrogens with one attached hydrogen (secondary N) is 1. The Morgan fingerprint density at radius 1 is 1.11 bits per heavy atom. The molecule has 2 aromatic carbocycles. The number of benzene rings is 2. The van der Waals surface area contributed by atoms with Crippen LogP contribution in [0.5, 0.6) is 0 Å². The number of rotatable bonds is 9. The van der Waals surface area contributed by atoms with Crippen LogP contribution >= 0.6 is 11.6 Å². The highest BCUT2D eigenvalue weighted by Crippen LogP contribution is 2.30. The van der Waals surface area contributed by atoms with Crippen LogP contribution < -0.4 is 5.32 Å². The van der Waals surface area contributed by atoms with Gasteiger partial charge in [0, 0.05) is 35.4 Å². The number of halogens is 1. The fraction of sp³-hybridized carbons (Fsp3) is 0.393. The highest BCUT2D eigenvalue weighted by Gasteiger charge is 2.28. The molecular weight excluding hydrogens is 460 g/mol. The van der Waals surface area contributed by atoms with E-state index in [1.165, 1.54) is 5.56 Å². The molecule has 2 amide bonds. The molecule has 35 heavy (non-hydrogen) atoms. The Bertz CT molecular complexity index is 1210. The van der Waals surface area contributed by atoms with Crippen molar-refractivity contribution in [1.82, 2.24) is 14.5 Å². The van der Waals surface area contributed by atoms with Crippen LogP contribution in [0.15, 0.2) is 48.7 Å². The molecule has 1 heterocycles. The molecule has 1 saturated carbocycles. The molecule has 1 aliphatic rings. The second kappa shape index (κ2) is 10.6. The minimum atomic E-state index is -0.249. The third-order valence-electron chi connectivity index (χ3n) is 6.31. The molecule has 0 radical (unpaired) electrons. The summed E-state index contributed by atoms with van der Waals surface area (Å²) in [6.45, 7) is 8.83. The Labute approximate surface area is 212 Å². The van der Waals surface area contributed by atoms with Gasteiger partial charge in [-0.25, -0.2) is 4.98 Å². The zero-order chi connectivity index (χ0) is 25.1. The Morgan fingerprint density at radius 3 is 2.46 bits per heavy atom. The number of aromatic nitrogens is 2. The van der Waals surface area contributed by atoms with E-state index in [-0.39, 0.29) is 24.3 Å². The van der Waals surface area contributed by atoms with E-state index in [0.717, 1.165) is 35.3 Å². The maximum absolute atomic E-state index is 13.1. The normalized spacial score (nSPS) is 13.2. The van der Waals surface area contributed by atoms with Crippen LogP contribution in [0.2, 0.25) is 5.02 Å². The summed E-state index contributed by atoms with van der Waals surface area (Å²) in [5, 5.41) is 3.62. The van der Waals surface area contributed by atoms with Gasteiger partial charge in [0.1, 0.15) is 0 Å². The van der Waals surface area contributed by atoms with Gasteiger partial charge in [0.15, 0.2) is 0 Å². The summed E-state index contributed by atoms with van der Waals surface area (Å²) in [6, 6.07) is 13.6. The zero-order valence-electron chi connectivity index (χ0n) is 20.8. The number of amides is 2. The van der Waals surface area contributed by atoms with E-state index < -0.39 is 0 Å². The van der Waals surface area contributed by atoms with Crippen molar-refractivity contribution in [2.24, 2.45) is 11.8 Å². The summed E-state index contributed by atoms with van der Waals surface area (Å²) >= 11 is 6.06. The minimum Gasteiger partial charge on any atom is -0.333 e. The molecule has 0 saturated heterocycles. The van der Waals surface area contributed by atoms with Gasteiger partial charge < -0.3 is 4.90 Å². The van der Waals surface area contributed by atoms with Gasteiger partial charge in [-0.3, -0.25) is 19.5 Å². The lowest BCUT2D eigenvalue weighted by atomic mass is 10.1. The van der Waals surface area contributed by atoms with Gasteiger partial charge in [-0.1, -0.05) is 43.6 Å². The van der Waals surface area contributed by atoms with Crippen LogP contribution in [0.3, 0.4) is 0 Å². The average Bonchev–Trinajstić information content (AvgIpc) is 3.53. The molecule has 0 bridgehead atoms. The van der Waals surface area contributed by atoms with Crippen LogP contribution in [0.1, 0.15) is 44.2 Å². The number of carbonyl (C=O) groups excluding carboxylic acids is 2. The van der Waals surface area contributed by atoms with Crippen molar-refractivity contribution in [3.8, 4) is 16.9 Å². The number of hydrogen-bond donors (Lipinski definition) is 1. The van der Waals surface area contributed by atoms with E-state index in [0.29, 0.717) is 29.9 Å². The molecule has 1 aromatic heterocycles. The number of nitrogens with zero attached hydrogens (tertiary/aromatic N) is 3. The molecule has 0 aliphatic heterocycles. The van der Waals surface area contributed by atoms with E-state index in [1.54, 1.807) is 4.90 Å². The van der Waals surface area contributed by atoms with Gasteiger partial charge in [0.05, 0.1) is 12.2 Å². The molecule has 0 atom stereocenters. The number of aryl methyl sites for hydroxylation is 2. The minimum absolute atomic E-state index is 0.0259. The van der Waals surface area contributed by atoms with Crippen LogP contribution in [0.4, 0.5) is 5.95 Å². The molecule has 4 rings (SSSR count). The summed E-state index contributed by atoms with van der Waals surface area (Å²) in [7, 11) is 0. The number of carbonyl (C=O) groups is 2. The fourth-order valence-electron chi connectivity index (χ4n) is 3.98. The standard InChI is InChI=1S/C28H33ClN4O2/c1-18(2)13-27(35)32(15-21-6-7-21)17-26(34)31-28-30-25(22-8-10-23(29)11-9-22)16-33(28)24-12-5-19(3)20(4)14-24/h5,8-12,14,16,18,21H,6-7,13,15,17H2,1-4H3,(H,30,31,34). The van der Waals surface area contributed by atoms with Crippen molar-refractivity contribution in [3.63, 3.8) is 0 Å². The lowest BCUT2D eigenvalue weighted by Crippen LogP contribution is -2.40. The van der Waals surface area contributed by atoms with Gasteiger partial charge in [-0.2, -0.15) is 0 Å². The van der Waals surface area contributed by atoms with Crippen LogP contribution in [0, 0.1) is 25.7 Å². The Morgan fingerprint density at radius 2 is 1.83 bits per heavy atom. The summed E-state index contributed by atoms with van der Waals surface area (Å²) < 4.78 is 1.88. The summed E-state index contributed by atoms with van der Waals surface area (Å²) in [5.41, 5.74) is 4.87. The van der Waals surface area contributed by atoms with Crippen molar-refractivity contribution in [2.75, 3.05) is 18.4 Å². The lowest BCUT2D eigenvalue weighted by molar-refractivity contribution is -0.135. The van der Waals surface area contributed by atoms with Crippen LogP contribution in [-0.4, -0.2) is 39.4 Å². The third kappa shape index (κ3) is 6.51. The molecule has 184 valence electrons. The molecule has 3 aromatic rings. The summed E-state index contributed by atoms with van der Waals surface area (Å²) in [6.07, 6.45) is 4.59. The summed E-state index contributed by atoms with van der Waals surface area (Å²) in [4.78, 5) is 32.4. The predicted octanol–water partition coefficient (Wildman–Crippen LogP) is 6.03. The van der Waals surface area contributed by atoms with Crippen molar-refractivity contribution in [2.45, 2.75) is 47.0 Å². The molecule has 1 N–H and O–H groups in total. The van der Waals surface area contributed by atoms with Gasteiger partial charge in [0.2, 0.25) is 17.8 Å². The van der Waals surface area contributed by atoms with Gasteiger partial charge >= 0.3 is 0 Å². The largest absolute Gasteiger partial charge is 0.333 e. The first-order valence-corrected chi connectivity index (χ1v) is 12.6. The number of hydrogen-bond acceptors (Lipinski definition) is 3. The molecule has 0 spiro atoms. The molecule has 1 aliphatic carbocycles. The molecule has 6 nitrogen and oxygen atoms in total. The van der Waals surface area contributed by atoms with Crippen LogP contribution in [0.25, 0.3) is 16.9 Å². The molecule has 1 fully saturated rings. The second-order valence-corrected chi connectivity index (χ2v) is 10.4. The second-order valence-electron chi connectivity index (χ2n) is 9.96. The van der Waals surface area contributed by atoms with E-state index in [2.05, 4.69) is 31.3 Å². The Hall–Kier alpha value is -3.12. The lowest BCUT2D eigenvalue weighted by Gasteiger charge is -2.23. The van der Waals surface area contributed by atoms with Crippen molar-refractivity contribution >= 4 is 29.4 Å². The smallest absolute Gasteiger partial charge is 0.246 e. The number of imidazole rings is 1. The topological polar surface area (TPSA) is 67.2 Å². The quantitative estimate of drug-likeness (QED) is 0.396. The number of anilines is 1. The average molecular weight is 493 g/mol. The van der Waals surface area contributed by atoms with Gasteiger partial charge in [0.25, 0.3) is 0 Å². The van der Waals surface area contributed by atoms with E-state index in [9.17, 15) is 9.59 Å². The van der Waals surface area contributed by atoms with E-state index >= 15 is 0 Å². The summed E-state index contributed by atoms with van der Waals surface area (Å²) in [5.74, 6) is 0.958. The maximum atomic E-state index is 13.1. The highest BCUT2D eigenvalue weighted by molar-refractivity contribution is 6.30. The maximum Gasteiger partial charge on any atom is 0.246 e. The molecule has 7 heteroatoms. The monoisotopic (exact) mass is 492 g/mol. The third-order valence-corrected chi connectivity index (χ3v) is 6.56. The first kappa shape index (κ1) is 25.0. The Balaban J connectivity index is 1.61. The van der Waals surface area contributed by atoms with Crippen LogP contribution in [-0.2, 0) is 9.59 Å². The molecular formula is C28H33ClN4O2. The van der Waals surface area contributed by atoms with Crippen molar-refractivity contribution in [3.05, 3.63) is 64.8 Å². The first-order valence-electron chi connectivity index (χ1n) is 12.2. The predicted molar refractivity (Wildman–Crippen MR) is 141 cm³/mol. The van der Waals surface area contributed by atoms with Gasteiger partial charge in [-0.05, 0) is 73.9 Å².